The predicted octanol–water partition coefficient (Wildman–Crippen LogP) is 3.90. The highest BCUT2D eigenvalue weighted by molar-refractivity contribution is 7.92. The molecule has 0 spiro atoms. The minimum absolute atomic E-state index is 0.0389. The minimum atomic E-state index is -3.41. The Morgan fingerprint density at radius 2 is 1.85 bits per heavy atom. The molecule has 0 saturated heterocycles. The maximum absolute atomic E-state index is 13.6. The van der Waals surface area contributed by atoms with E-state index in [4.69, 9.17) is 4.98 Å². The third-order valence-electron chi connectivity index (χ3n) is 6.30. The molecule has 5 rings (SSSR count). The van der Waals surface area contributed by atoms with Gasteiger partial charge in [0, 0.05) is 17.4 Å². The summed E-state index contributed by atoms with van der Waals surface area (Å²) < 4.78 is 26.3. The van der Waals surface area contributed by atoms with Crippen molar-refractivity contribution in [3.8, 4) is 0 Å². The monoisotopic (exact) mass is 463 g/mol. The summed E-state index contributed by atoms with van der Waals surface area (Å²) in [7, 11) is -3.41. The first-order valence-electron chi connectivity index (χ1n) is 10.8. The zero-order valence-electron chi connectivity index (χ0n) is 18.7. The molecule has 8 nitrogen and oxygen atoms in total. The minimum Gasteiger partial charge on any atom is -0.324 e. The standard InChI is InChI=1S/C24H25N5O3S/c1-24(2)18-14-25-23(26-15-8-5-4-6-9-15)27-21(18)29(22(24)30)20-13-12-16-17(20)10-7-11-19(16)28-33(3,31)32/h4-11,14,20,28H,12-13H2,1-3H3,(H,25,26,27)/t20-/m0/s1. The third-order valence-corrected chi connectivity index (χ3v) is 6.89. The number of anilines is 4. The van der Waals surface area contributed by atoms with Crippen LogP contribution in [0.25, 0.3) is 0 Å². The van der Waals surface area contributed by atoms with Gasteiger partial charge >= 0.3 is 0 Å². The quantitative estimate of drug-likeness (QED) is 0.595. The molecule has 0 bridgehead atoms. The molecule has 1 aliphatic carbocycles. The van der Waals surface area contributed by atoms with Crippen LogP contribution in [0.3, 0.4) is 0 Å². The number of rotatable bonds is 5. The smallest absolute Gasteiger partial charge is 0.239 e. The normalized spacial score (nSPS) is 18.7. The van der Waals surface area contributed by atoms with E-state index in [2.05, 4.69) is 15.0 Å². The lowest BCUT2D eigenvalue weighted by molar-refractivity contribution is -0.122. The number of carbonyl (C=O) groups excluding carboxylic acids is 1. The van der Waals surface area contributed by atoms with Gasteiger partial charge in [0.15, 0.2) is 0 Å². The van der Waals surface area contributed by atoms with Gasteiger partial charge in [-0.2, -0.15) is 4.98 Å². The summed E-state index contributed by atoms with van der Waals surface area (Å²) in [6.07, 6.45) is 4.21. The van der Waals surface area contributed by atoms with E-state index in [1.807, 2.05) is 56.3 Å². The van der Waals surface area contributed by atoms with Gasteiger partial charge in [-0.15, -0.1) is 0 Å². The Morgan fingerprint density at radius 3 is 2.58 bits per heavy atom. The summed E-state index contributed by atoms with van der Waals surface area (Å²) in [4.78, 5) is 24.6. The molecule has 1 aromatic heterocycles. The van der Waals surface area contributed by atoms with E-state index in [0.29, 0.717) is 30.3 Å². The van der Waals surface area contributed by atoms with Crippen LogP contribution in [0.15, 0.2) is 54.7 Å². The van der Waals surface area contributed by atoms with Crippen molar-refractivity contribution >= 4 is 39.1 Å². The van der Waals surface area contributed by atoms with Gasteiger partial charge < -0.3 is 5.32 Å². The molecule has 2 heterocycles. The second-order valence-electron chi connectivity index (χ2n) is 9.02. The number of nitrogens with one attached hydrogen (secondary N) is 2. The van der Waals surface area contributed by atoms with Crippen molar-refractivity contribution in [2.75, 3.05) is 21.2 Å². The second kappa shape index (κ2) is 7.55. The summed E-state index contributed by atoms with van der Waals surface area (Å²) in [5.74, 6) is 0.974. The fourth-order valence-corrected chi connectivity index (χ4v) is 5.30. The first-order chi connectivity index (χ1) is 15.6. The Balaban J connectivity index is 1.56. The molecule has 0 unspecified atom stereocenters. The third kappa shape index (κ3) is 3.72. The van der Waals surface area contributed by atoms with E-state index in [1.165, 1.54) is 0 Å². The Labute approximate surface area is 193 Å². The highest BCUT2D eigenvalue weighted by atomic mass is 32.2. The van der Waals surface area contributed by atoms with E-state index < -0.39 is 15.4 Å². The summed E-state index contributed by atoms with van der Waals surface area (Å²) in [6.45, 7) is 3.78. The maximum atomic E-state index is 13.6. The van der Waals surface area contributed by atoms with Gasteiger partial charge in [-0.1, -0.05) is 30.3 Å². The van der Waals surface area contributed by atoms with Crippen LogP contribution in [-0.4, -0.2) is 30.5 Å². The van der Waals surface area contributed by atoms with Gasteiger partial charge in [0.05, 0.1) is 23.4 Å². The molecular weight excluding hydrogens is 438 g/mol. The Bertz CT molecular complexity index is 1360. The molecule has 33 heavy (non-hydrogen) atoms. The second-order valence-corrected chi connectivity index (χ2v) is 10.8. The predicted molar refractivity (Wildman–Crippen MR) is 128 cm³/mol. The molecule has 3 aromatic rings. The van der Waals surface area contributed by atoms with Crippen LogP contribution in [0, 0.1) is 0 Å². The SMILES string of the molecule is CC1(C)C(=O)N([C@H]2CCc3c(NS(C)(=O)=O)cccc32)c2nc(Nc3ccccc3)ncc21. The number of carbonyl (C=O) groups is 1. The van der Waals surface area contributed by atoms with Crippen LogP contribution < -0.4 is 14.9 Å². The number of fused-ring (bicyclic) bond motifs is 2. The number of para-hydroxylation sites is 1. The van der Waals surface area contributed by atoms with Gasteiger partial charge in [0.25, 0.3) is 0 Å². The lowest BCUT2D eigenvalue weighted by atomic mass is 9.88. The Hall–Kier alpha value is -3.46. The number of hydrogen-bond donors (Lipinski definition) is 2. The first-order valence-corrected chi connectivity index (χ1v) is 12.7. The fourth-order valence-electron chi connectivity index (χ4n) is 4.71. The lowest BCUT2D eigenvalue weighted by Crippen LogP contribution is -2.38. The van der Waals surface area contributed by atoms with Crippen molar-refractivity contribution in [1.82, 2.24) is 9.97 Å². The molecular formula is C24H25N5O3S. The van der Waals surface area contributed by atoms with Gasteiger partial charge in [-0.05, 0) is 56.0 Å². The first kappa shape index (κ1) is 21.4. The number of benzene rings is 2. The lowest BCUT2D eigenvalue weighted by Gasteiger charge is -2.27. The van der Waals surface area contributed by atoms with Crippen LogP contribution in [-0.2, 0) is 26.7 Å². The highest BCUT2D eigenvalue weighted by Gasteiger charge is 2.49. The van der Waals surface area contributed by atoms with Crippen molar-refractivity contribution in [3.05, 3.63) is 71.4 Å². The fraction of sp³-hybridized carbons (Fsp3) is 0.292. The molecule has 2 N–H and O–H groups in total. The Morgan fingerprint density at radius 1 is 1.09 bits per heavy atom. The number of amides is 1. The topological polar surface area (TPSA) is 104 Å². The van der Waals surface area contributed by atoms with Crippen molar-refractivity contribution < 1.29 is 13.2 Å². The van der Waals surface area contributed by atoms with E-state index in [9.17, 15) is 13.2 Å². The molecule has 9 heteroatoms. The summed E-state index contributed by atoms with van der Waals surface area (Å²) >= 11 is 0. The number of sulfonamides is 1. The Kier molecular flexibility index (Phi) is 4.89. The van der Waals surface area contributed by atoms with E-state index in [-0.39, 0.29) is 11.9 Å². The molecule has 1 aliphatic heterocycles. The van der Waals surface area contributed by atoms with Gasteiger partial charge in [-0.3, -0.25) is 14.4 Å². The summed E-state index contributed by atoms with van der Waals surface area (Å²) in [5, 5.41) is 3.20. The molecule has 0 saturated carbocycles. The van der Waals surface area contributed by atoms with Gasteiger partial charge in [0.2, 0.25) is 21.9 Å². The average molecular weight is 464 g/mol. The van der Waals surface area contributed by atoms with Crippen molar-refractivity contribution in [2.45, 2.75) is 38.1 Å². The number of hydrogen-bond acceptors (Lipinski definition) is 6. The zero-order chi connectivity index (χ0) is 23.4. The molecule has 2 aromatic carbocycles. The van der Waals surface area contributed by atoms with E-state index in [0.717, 1.165) is 28.6 Å². The molecule has 0 radical (unpaired) electrons. The van der Waals surface area contributed by atoms with Crippen LogP contribution in [0.1, 0.15) is 43.0 Å². The molecule has 1 atom stereocenters. The molecule has 1 amide bonds. The summed E-state index contributed by atoms with van der Waals surface area (Å²) in [5.41, 5.74) is 3.31. The molecule has 2 aliphatic rings. The van der Waals surface area contributed by atoms with E-state index in [1.54, 1.807) is 17.2 Å². The van der Waals surface area contributed by atoms with E-state index >= 15 is 0 Å². The van der Waals surface area contributed by atoms with Crippen LogP contribution >= 0.6 is 0 Å². The largest absolute Gasteiger partial charge is 0.324 e. The highest BCUT2D eigenvalue weighted by Crippen LogP contribution is 2.49. The molecule has 0 fully saturated rings. The van der Waals surface area contributed by atoms with Crippen molar-refractivity contribution in [3.63, 3.8) is 0 Å². The number of aromatic nitrogens is 2. The van der Waals surface area contributed by atoms with Crippen LogP contribution in [0.2, 0.25) is 0 Å². The number of nitrogens with zero attached hydrogens (tertiary/aromatic N) is 3. The summed E-state index contributed by atoms with van der Waals surface area (Å²) in [6, 6.07) is 14.9. The zero-order valence-corrected chi connectivity index (χ0v) is 19.5. The van der Waals surface area contributed by atoms with Crippen LogP contribution in [0.5, 0.6) is 0 Å². The van der Waals surface area contributed by atoms with Crippen LogP contribution in [0.4, 0.5) is 23.1 Å². The molecule has 170 valence electrons. The van der Waals surface area contributed by atoms with Gasteiger partial charge in [-0.25, -0.2) is 13.4 Å². The van der Waals surface area contributed by atoms with Gasteiger partial charge in [0.1, 0.15) is 5.82 Å². The van der Waals surface area contributed by atoms with Crippen molar-refractivity contribution in [2.24, 2.45) is 0 Å². The maximum Gasteiger partial charge on any atom is 0.239 e. The average Bonchev–Trinajstić information content (AvgIpc) is 3.26. The van der Waals surface area contributed by atoms with Crippen molar-refractivity contribution in [1.29, 1.82) is 0 Å².